The summed E-state index contributed by atoms with van der Waals surface area (Å²) >= 11 is 1.22. The van der Waals surface area contributed by atoms with Crippen LogP contribution in [0.4, 0.5) is 15.3 Å². The number of carbonyl (C=O) groups excluding carboxylic acids is 8. The number of fused-ring (bicyclic) bond motifs is 1. The Labute approximate surface area is 356 Å². The highest BCUT2D eigenvalue weighted by Gasteiger charge is 2.55. The van der Waals surface area contributed by atoms with E-state index in [1.807, 2.05) is 12.1 Å². The van der Waals surface area contributed by atoms with E-state index in [0.29, 0.717) is 27.3 Å². The first kappa shape index (κ1) is 43.9. The summed E-state index contributed by atoms with van der Waals surface area (Å²) in [4.78, 5) is 109. The van der Waals surface area contributed by atoms with Crippen LogP contribution in [-0.4, -0.2) is 111 Å². The molecule has 0 aromatic heterocycles. The van der Waals surface area contributed by atoms with E-state index in [9.17, 15) is 38.4 Å². The van der Waals surface area contributed by atoms with Gasteiger partial charge in [-0.25, -0.2) is 14.4 Å². The molecule has 0 saturated carbocycles. The number of β-lactam (4-membered cyclic amide) rings is 1. The molecule has 3 aromatic carbocycles. The topological polar surface area (TPSA) is 210 Å². The highest BCUT2D eigenvalue weighted by atomic mass is 32.2. The summed E-state index contributed by atoms with van der Waals surface area (Å²) in [5.74, 6) is -4.78. The lowest BCUT2D eigenvalue weighted by Crippen LogP contribution is -2.71. The Morgan fingerprint density at radius 2 is 1.46 bits per heavy atom. The molecule has 3 aliphatic heterocycles. The highest BCUT2D eigenvalue weighted by molar-refractivity contribution is 8.00. The Kier molecular flexibility index (Phi) is 13.5. The number of rotatable bonds is 12. The normalized spacial score (nSPS) is 18.1. The third-order valence-corrected chi connectivity index (χ3v) is 11.1. The maximum Gasteiger partial charge on any atom is 0.412 e. The molecule has 6 rings (SSSR count). The fourth-order valence-corrected chi connectivity index (χ4v) is 8.13. The summed E-state index contributed by atoms with van der Waals surface area (Å²) < 4.78 is 16.7. The molecular formula is C43H46N6O11S. The average molecular weight is 855 g/mol. The van der Waals surface area contributed by atoms with Gasteiger partial charge >= 0.3 is 35.9 Å². The molecule has 3 atom stereocenters. The van der Waals surface area contributed by atoms with Crippen molar-refractivity contribution >= 4 is 65.1 Å². The van der Waals surface area contributed by atoms with Crippen molar-refractivity contribution in [3.8, 4) is 0 Å². The molecular weight excluding hydrogens is 809 g/mol. The average Bonchev–Trinajstić information content (AvgIpc) is 3.23. The zero-order valence-corrected chi connectivity index (χ0v) is 35.0. The van der Waals surface area contributed by atoms with E-state index in [-0.39, 0.29) is 43.3 Å². The summed E-state index contributed by atoms with van der Waals surface area (Å²) in [7, 11) is 0. The van der Waals surface area contributed by atoms with Gasteiger partial charge in [0.2, 0.25) is 5.91 Å². The maximum atomic E-state index is 14.2. The van der Waals surface area contributed by atoms with Crippen LogP contribution in [-0.2, 0) is 43.0 Å². The summed E-state index contributed by atoms with van der Waals surface area (Å²) in [6.07, 6.45) is -1.58. The van der Waals surface area contributed by atoms with E-state index >= 15 is 0 Å². The second-order valence-electron chi connectivity index (χ2n) is 15.2. The number of urea groups is 1. The van der Waals surface area contributed by atoms with Crippen molar-refractivity contribution < 1.29 is 52.6 Å². The van der Waals surface area contributed by atoms with Crippen LogP contribution < -0.4 is 16.0 Å². The number of ether oxygens (including phenoxy) is 3. The Balaban J connectivity index is 1.25. The van der Waals surface area contributed by atoms with E-state index in [2.05, 4.69) is 16.0 Å². The minimum atomic E-state index is -1.51. The number of anilines is 1. The number of likely N-dealkylation sites (N-methyl/N-ethyl adjacent to an activating group) is 1. The van der Waals surface area contributed by atoms with Gasteiger partial charge in [0.25, 0.3) is 5.91 Å². The molecule has 61 heavy (non-hydrogen) atoms. The van der Waals surface area contributed by atoms with Gasteiger partial charge in [0.1, 0.15) is 35.4 Å². The number of nitrogens with one attached hydrogen (secondary N) is 3. The lowest BCUT2D eigenvalue weighted by atomic mass is 10.00. The van der Waals surface area contributed by atoms with Crippen LogP contribution in [0, 0.1) is 0 Å². The number of hydrogen-bond acceptors (Lipinski definition) is 12. The summed E-state index contributed by atoms with van der Waals surface area (Å²) in [6.45, 7) is 7.98. The number of imide groups is 1. The van der Waals surface area contributed by atoms with E-state index in [0.717, 1.165) is 0 Å². The Hall–Kier alpha value is -6.69. The van der Waals surface area contributed by atoms with Crippen molar-refractivity contribution in [3.05, 3.63) is 113 Å². The van der Waals surface area contributed by atoms with E-state index in [4.69, 9.17) is 14.2 Å². The zero-order chi connectivity index (χ0) is 44.0. The number of nitrogens with zero attached hydrogens (tertiary/aromatic N) is 3. The fourth-order valence-electron chi connectivity index (χ4n) is 6.81. The Morgan fingerprint density at radius 3 is 2.03 bits per heavy atom. The lowest BCUT2D eigenvalue weighted by molar-refractivity contribution is -0.155. The number of esters is 2. The second-order valence-corrected chi connectivity index (χ2v) is 16.3. The number of carbonyl (C=O) groups is 8. The summed E-state index contributed by atoms with van der Waals surface area (Å²) in [6, 6.07) is 20.2. The molecule has 3 heterocycles. The molecule has 2 fully saturated rings. The van der Waals surface area contributed by atoms with E-state index < -0.39 is 76.9 Å². The quantitative estimate of drug-likeness (QED) is 0.102. The molecule has 0 aliphatic carbocycles. The van der Waals surface area contributed by atoms with Crippen LogP contribution in [0.15, 0.2) is 96.2 Å². The van der Waals surface area contributed by atoms with Gasteiger partial charge in [-0.2, -0.15) is 0 Å². The van der Waals surface area contributed by atoms with Crippen molar-refractivity contribution in [1.29, 1.82) is 0 Å². The Morgan fingerprint density at radius 1 is 0.836 bits per heavy atom. The third-order valence-electron chi connectivity index (χ3n) is 9.77. The van der Waals surface area contributed by atoms with Gasteiger partial charge in [-0.05, 0) is 56.5 Å². The first-order chi connectivity index (χ1) is 29.1. The van der Waals surface area contributed by atoms with Gasteiger partial charge in [-0.3, -0.25) is 39.1 Å². The highest BCUT2D eigenvalue weighted by Crippen LogP contribution is 2.42. The molecule has 17 nitrogen and oxygen atoms in total. The first-order valence-corrected chi connectivity index (χ1v) is 20.5. The monoisotopic (exact) mass is 854 g/mol. The lowest BCUT2D eigenvalue weighted by Gasteiger charge is -2.50. The number of amides is 7. The molecule has 18 heteroatoms. The fraction of sp³-hybridized carbons (Fsp3) is 0.349. The van der Waals surface area contributed by atoms with Gasteiger partial charge in [0.05, 0.1) is 0 Å². The van der Waals surface area contributed by atoms with Gasteiger partial charge in [0.15, 0.2) is 6.10 Å². The molecule has 0 unspecified atom stereocenters. The number of thioether (sulfide) groups is 1. The minimum Gasteiger partial charge on any atom is -0.461 e. The number of piperazine rings is 1. The maximum absolute atomic E-state index is 14.2. The zero-order valence-electron chi connectivity index (χ0n) is 34.2. The van der Waals surface area contributed by atoms with Gasteiger partial charge in [0, 0.05) is 43.6 Å². The first-order valence-electron chi connectivity index (χ1n) is 19.5. The molecule has 3 aromatic rings. The standard InChI is InChI=1S/C43H46N6O11S/c1-6-47-21-22-48(38(54)37(47)53)41(56)46-31(26-17-19-30(20-18-26)44-42(57)60-43(3,4)5)35(51)45-32-36(52)49-33(29(23-58-25(2)50)24-61-39(32)49)40(55)59-34(27-13-9-7-10-14-27)28-15-11-8-12-16-28/h7-20,31-32,34,39H,6,21-24H2,1-5H3,(H,44,57)(H,45,51)(H,46,56)/t31-,32-,39+/m1/s1. The molecule has 0 spiro atoms. The molecule has 2 saturated heterocycles. The van der Waals surface area contributed by atoms with Gasteiger partial charge in [-0.1, -0.05) is 72.8 Å². The van der Waals surface area contributed by atoms with Crippen LogP contribution in [0.2, 0.25) is 0 Å². The van der Waals surface area contributed by atoms with Crippen LogP contribution in [0.5, 0.6) is 0 Å². The number of benzene rings is 3. The smallest absolute Gasteiger partial charge is 0.412 e. The third kappa shape index (κ3) is 10.2. The van der Waals surface area contributed by atoms with Crippen molar-refractivity contribution in [3.63, 3.8) is 0 Å². The van der Waals surface area contributed by atoms with Crippen LogP contribution >= 0.6 is 11.8 Å². The van der Waals surface area contributed by atoms with Crippen LogP contribution in [0.25, 0.3) is 0 Å². The predicted molar refractivity (Wildman–Crippen MR) is 221 cm³/mol. The summed E-state index contributed by atoms with van der Waals surface area (Å²) in [5, 5.41) is 7.02. The van der Waals surface area contributed by atoms with Crippen molar-refractivity contribution in [2.24, 2.45) is 0 Å². The Bertz CT molecular complexity index is 2190. The van der Waals surface area contributed by atoms with Crippen LogP contribution in [0.3, 0.4) is 0 Å². The van der Waals surface area contributed by atoms with Crippen molar-refractivity contribution in [2.75, 3.05) is 37.3 Å². The number of hydrogen-bond donors (Lipinski definition) is 3. The van der Waals surface area contributed by atoms with E-state index in [1.165, 1.54) is 52.8 Å². The van der Waals surface area contributed by atoms with Crippen molar-refractivity contribution in [1.82, 2.24) is 25.3 Å². The molecule has 3 N–H and O–H groups in total. The van der Waals surface area contributed by atoms with Crippen molar-refractivity contribution in [2.45, 2.75) is 63.8 Å². The van der Waals surface area contributed by atoms with Gasteiger partial charge < -0.3 is 29.7 Å². The molecule has 7 amide bonds. The van der Waals surface area contributed by atoms with Crippen LogP contribution in [0.1, 0.15) is 63.5 Å². The molecule has 0 radical (unpaired) electrons. The van der Waals surface area contributed by atoms with Gasteiger partial charge in [-0.15, -0.1) is 11.8 Å². The summed E-state index contributed by atoms with van der Waals surface area (Å²) in [5.41, 5.74) is 1.29. The minimum absolute atomic E-state index is 0.0941. The predicted octanol–water partition coefficient (Wildman–Crippen LogP) is 4.02. The van der Waals surface area contributed by atoms with E-state index in [1.54, 1.807) is 76.2 Å². The SMILES string of the molecule is CCN1CCN(C(=O)N[C@@H](C(=O)N[C@@H]2C(=O)N3C(C(=O)OC(c4ccccc4)c4ccccc4)=C(COC(C)=O)CS[C@@H]23)c2ccc(NC(=O)OC(C)(C)C)cc2)C(=O)C1=O. The second kappa shape index (κ2) is 18.7. The molecule has 0 bridgehead atoms. The molecule has 320 valence electrons. The largest absolute Gasteiger partial charge is 0.461 e. The molecule has 3 aliphatic rings.